The van der Waals surface area contributed by atoms with E-state index in [-0.39, 0.29) is 12.4 Å². The molecule has 0 spiro atoms. The molecule has 1 unspecified atom stereocenters. The van der Waals surface area contributed by atoms with E-state index in [1.165, 1.54) is 24.3 Å². The number of nitrogens with zero attached hydrogens (tertiary/aromatic N) is 2. The van der Waals surface area contributed by atoms with Crippen molar-refractivity contribution < 1.29 is 14.2 Å². The molecule has 21 heavy (non-hydrogen) atoms. The van der Waals surface area contributed by atoms with E-state index in [4.69, 9.17) is 4.74 Å². The lowest BCUT2D eigenvalue weighted by molar-refractivity contribution is 0.106. The molecule has 1 aromatic carbocycles. The number of ether oxygens (including phenoxy) is 1. The number of aromatic nitrogens is 2. The molecule has 0 amide bonds. The fraction of sp³-hybridized carbons (Fsp3) is 0.400. The van der Waals surface area contributed by atoms with E-state index in [0.717, 1.165) is 18.8 Å². The molecule has 0 fully saturated rings. The maximum atomic E-state index is 12.7. The quantitative estimate of drug-likeness (QED) is 0.716. The zero-order valence-corrected chi connectivity index (χ0v) is 12.0. The Balaban J connectivity index is 1.60. The normalized spacial score (nSPS) is 12.3. The third-order valence-corrected chi connectivity index (χ3v) is 3.08. The van der Waals surface area contributed by atoms with Crippen LogP contribution in [0.5, 0.6) is 5.75 Å². The summed E-state index contributed by atoms with van der Waals surface area (Å²) in [6, 6.07) is 5.73. The molecule has 0 aliphatic heterocycles. The van der Waals surface area contributed by atoms with Crippen LogP contribution in [0.4, 0.5) is 4.39 Å². The molecular weight excluding hydrogens is 273 g/mol. The van der Waals surface area contributed by atoms with E-state index in [0.29, 0.717) is 12.3 Å². The van der Waals surface area contributed by atoms with Crippen LogP contribution in [-0.2, 0) is 13.5 Å². The zero-order chi connectivity index (χ0) is 15.1. The molecule has 0 saturated carbocycles. The number of aliphatic hydroxyl groups excluding tert-OH is 1. The van der Waals surface area contributed by atoms with Gasteiger partial charge in [-0.15, -0.1) is 0 Å². The van der Waals surface area contributed by atoms with Gasteiger partial charge < -0.3 is 19.7 Å². The van der Waals surface area contributed by atoms with Crippen molar-refractivity contribution in [2.75, 3.05) is 19.7 Å². The molecule has 2 aromatic rings. The van der Waals surface area contributed by atoms with Crippen LogP contribution in [0.2, 0.25) is 0 Å². The zero-order valence-electron chi connectivity index (χ0n) is 12.0. The van der Waals surface area contributed by atoms with Gasteiger partial charge in [0.2, 0.25) is 0 Å². The van der Waals surface area contributed by atoms with Gasteiger partial charge in [0.15, 0.2) is 0 Å². The maximum absolute atomic E-state index is 12.7. The second-order valence-electron chi connectivity index (χ2n) is 4.83. The van der Waals surface area contributed by atoms with E-state index in [2.05, 4.69) is 10.3 Å². The number of rotatable bonds is 8. The minimum absolute atomic E-state index is 0.168. The summed E-state index contributed by atoms with van der Waals surface area (Å²) < 4.78 is 20.1. The Morgan fingerprint density at radius 3 is 2.81 bits per heavy atom. The van der Waals surface area contributed by atoms with Crippen LogP contribution in [0.25, 0.3) is 0 Å². The molecule has 2 rings (SSSR count). The van der Waals surface area contributed by atoms with Crippen LogP contribution in [0, 0.1) is 5.82 Å². The van der Waals surface area contributed by atoms with E-state index in [9.17, 15) is 9.50 Å². The highest BCUT2D eigenvalue weighted by atomic mass is 19.1. The maximum Gasteiger partial charge on any atom is 0.123 e. The van der Waals surface area contributed by atoms with Crippen molar-refractivity contribution in [3.05, 3.63) is 48.3 Å². The first-order valence-electron chi connectivity index (χ1n) is 6.88. The second-order valence-corrected chi connectivity index (χ2v) is 4.83. The number of benzene rings is 1. The van der Waals surface area contributed by atoms with E-state index in [1.54, 1.807) is 6.20 Å². The molecular formula is C15H20FN3O2. The summed E-state index contributed by atoms with van der Waals surface area (Å²) in [5.41, 5.74) is 0. The minimum Gasteiger partial charge on any atom is -0.491 e. The molecule has 1 atom stereocenters. The molecule has 0 saturated heterocycles. The monoisotopic (exact) mass is 293 g/mol. The number of aliphatic hydroxyl groups is 1. The lowest BCUT2D eigenvalue weighted by Crippen LogP contribution is -2.32. The first-order valence-corrected chi connectivity index (χ1v) is 6.88. The van der Waals surface area contributed by atoms with Crippen molar-refractivity contribution in [3.8, 4) is 5.75 Å². The molecule has 114 valence electrons. The lowest BCUT2D eigenvalue weighted by Gasteiger charge is -2.13. The molecule has 0 aliphatic carbocycles. The number of imidazole rings is 1. The Morgan fingerprint density at radius 2 is 2.14 bits per heavy atom. The van der Waals surface area contributed by atoms with Gasteiger partial charge in [-0.1, -0.05) is 0 Å². The van der Waals surface area contributed by atoms with Gasteiger partial charge >= 0.3 is 0 Å². The molecule has 0 radical (unpaired) electrons. The third kappa shape index (κ3) is 5.17. The average Bonchev–Trinajstić information content (AvgIpc) is 2.88. The molecule has 0 bridgehead atoms. The Bertz CT molecular complexity index is 542. The molecule has 0 aliphatic rings. The van der Waals surface area contributed by atoms with Crippen molar-refractivity contribution in [3.63, 3.8) is 0 Å². The highest BCUT2D eigenvalue weighted by molar-refractivity contribution is 5.22. The predicted octanol–water partition coefficient (Wildman–Crippen LogP) is 1.13. The standard InChI is InChI=1S/C15H20FN3O2/c1-19-9-8-18-15(19)6-7-17-10-13(20)11-21-14-4-2-12(16)3-5-14/h2-5,8-9,13,17,20H,6-7,10-11H2,1H3. The second kappa shape index (κ2) is 7.75. The predicted molar refractivity (Wildman–Crippen MR) is 77.7 cm³/mol. The van der Waals surface area contributed by atoms with E-state index < -0.39 is 6.10 Å². The topological polar surface area (TPSA) is 59.3 Å². The summed E-state index contributed by atoms with van der Waals surface area (Å²) >= 11 is 0. The number of nitrogens with one attached hydrogen (secondary N) is 1. The summed E-state index contributed by atoms with van der Waals surface area (Å²) in [4.78, 5) is 4.22. The fourth-order valence-corrected chi connectivity index (χ4v) is 1.89. The number of hydrogen-bond acceptors (Lipinski definition) is 4. The van der Waals surface area contributed by atoms with Crippen LogP contribution in [0.1, 0.15) is 5.82 Å². The average molecular weight is 293 g/mol. The first kappa shape index (κ1) is 15.5. The summed E-state index contributed by atoms with van der Waals surface area (Å²) in [6.07, 6.45) is 3.85. The van der Waals surface area contributed by atoms with Gasteiger partial charge in [0.05, 0.1) is 0 Å². The first-order chi connectivity index (χ1) is 10.1. The van der Waals surface area contributed by atoms with E-state index in [1.807, 2.05) is 17.8 Å². The summed E-state index contributed by atoms with van der Waals surface area (Å²) in [6.45, 7) is 1.34. The molecule has 1 heterocycles. The Kier molecular flexibility index (Phi) is 5.71. The van der Waals surface area contributed by atoms with Crippen LogP contribution in [-0.4, -0.2) is 40.5 Å². The number of aryl methyl sites for hydroxylation is 1. The van der Waals surface area contributed by atoms with Crippen LogP contribution < -0.4 is 10.1 Å². The number of halogens is 1. The van der Waals surface area contributed by atoms with Crippen molar-refractivity contribution in [1.82, 2.24) is 14.9 Å². The molecule has 5 nitrogen and oxygen atoms in total. The smallest absolute Gasteiger partial charge is 0.123 e. The SMILES string of the molecule is Cn1ccnc1CCNCC(O)COc1ccc(F)cc1. The fourth-order valence-electron chi connectivity index (χ4n) is 1.89. The van der Waals surface area contributed by atoms with Crippen LogP contribution >= 0.6 is 0 Å². The van der Waals surface area contributed by atoms with Gasteiger partial charge in [-0.2, -0.15) is 0 Å². The van der Waals surface area contributed by atoms with Gasteiger partial charge in [0.1, 0.15) is 30.1 Å². The van der Waals surface area contributed by atoms with Gasteiger partial charge in [-0.05, 0) is 24.3 Å². The van der Waals surface area contributed by atoms with Gasteiger partial charge in [-0.25, -0.2) is 9.37 Å². The van der Waals surface area contributed by atoms with Gasteiger partial charge in [0, 0.05) is 39.0 Å². The van der Waals surface area contributed by atoms with Crippen LogP contribution in [0.15, 0.2) is 36.7 Å². The highest BCUT2D eigenvalue weighted by Crippen LogP contribution is 2.11. The Morgan fingerprint density at radius 1 is 1.38 bits per heavy atom. The summed E-state index contributed by atoms with van der Waals surface area (Å²) in [5, 5.41) is 12.9. The van der Waals surface area contributed by atoms with Crippen molar-refractivity contribution in [2.45, 2.75) is 12.5 Å². The Labute approximate surface area is 123 Å². The van der Waals surface area contributed by atoms with Crippen molar-refractivity contribution in [2.24, 2.45) is 7.05 Å². The summed E-state index contributed by atoms with van der Waals surface area (Å²) in [7, 11) is 1.95. The third-order valence-electron chi connectivity index (χ3n) is 3.08. The summed E-state index contributed by atoms with van der Waals surface area (Å²) in [5.74, 6) is 1.24. The Hall–Kier alpha value is -1.92. The molecule has 2 N–H and O–H groups in total. The highest BCUT2D eigenvalue weighted by Gasteiger charge is 2.05. The van der Waals surface area contributed by atoms with E-state index >= 15 is 0 Å². The lowest BCUT2D eigenvalue weighted by atomic mass is 10.3. The molecule has 6 heteroatoms. The van der Waals surface area contributed by atoms with Gasteiger partial charge in [0.25, 0.3) is 0 Å². The largest absolute Gasteiger partial charge is 0.491 e. The molecule has 1 aromatic heterocycles. The van der Waals surface area contributed by atoms with Crippen molar-refractivity contribution in [1.29, 1.82) is 0 Å². The minimum atomic E-state index is -0.614. The van der Waals surface area contributed by atoms with Crippen molar-refractivity contribution >= 4 is 0 Å². The number of hydrogen-bond donors (Lipinski definition) is 2. The van der Waals surface area contributed by atoms with Crippen LogP contribution in [0.3, 0.4) is 0 Å². The van der Waals surface area contributed by atoms with Gasteiger partial charge in [-0.3, -0.25) is 0 Å².